The van der Waals surface area contributed by atoms with Crippen LogP contribution in [0.25, 0.3) is 0 Å². The number of aromatic nitrogens is 1. The molecule has 3 N–H and O–H groups in total. The molecule has 0 radical (unpaired) electrons. The highest BCUT2D eigenvalue weighted by atomic mass is 16.5. The Balaban J connectivity index is 2.68. The largest absolute Gasteiger partial charge is 0.473 e. The van der Waals surface area contributed by atoms with Crippen molar-refractivity contribution in [1.82, 2.24) is 4.98 Å². The third-order valence-electron chi connectivity index (χ3n) is 3.08. The molecule has 108 valence electrons. The third kappa shape index (κ3) is 5.37. The van der Waals surface area contributed by atoms with Crippen molar-refractivity contribution < 1.29 is 4.74 Å². The van der Waals surface area contributed by atoms with Crippen molar-refractivity contribution in [2.24, 2.45) is 5.92 Å². The molecule has 2 unspecified atom stereocenters. The summed E-state index contributed by atoms with van der Waals surface area (Å²) in [6, 6.07) is 4.12. The number of rotatable bonds is 7. The molecule has 0 amide bonds. The topological polar surface area (TPSA) is 60.2 Å². The van der Waals surface area contributed by atoms with E-state index >= 15 is 0 Å². The van der Waals surface area contributed by atoms with Crippen LogP contribution in [0.3, 0.4) is 0 Å². The summed E-state index contributed by atoms with van der Waals surface area (Å²) in [6.07, 6.45) is 2.40. The van der Waals surface area contributed by atoms with Crippen molar-refractivity contribution in [3.8, 4) is 5.88 Å². The van der Waals surface area contributed by atoms with Gasteiger partial charge in [-0.3, -0.25) is 0 Å². The van der Waals surface area contributed by atoms with Gasteiger partial charge < -0.3 is 15.8 Å². The van der Waals surface area contributed by atoms with Crippen LogP contribution < -0.4 is 15.8 Å². The van der Waals surface area contributed by atoms with Crippen LogP contribution in [0.5, 0.6) is 5.88 Å². The van der Waals surface area contributed by atoms with E-state index in [-0.39, 0.29) is 6.10 Å². The lowest BCUT2D eigenvalue weighted by Crippen LogP contribution is -2.19. The highest BCUT2D eigenvalue weighted by molar-refractivity contribution is 5.53. The molecule has 1 aromatic rings. The average Bonchev–Trinajstić information content (AvgIpc) is 2.32. The lowest BCUT2D eigenvalue weighted by Gasteiger charge is -2.19. The third-order valence-corrected chi connectivity index (χ3v) is 3.08. The number of nitrogens with one attached hydrogen (secondary N) is 1. The van der Waals surface area contributed by atoms with Crippen molar-refractivity contribution in [3.63, 3.8) is 0 Å². The van der Waals surface area contributed by atoms with Crippen molar-refractivity contribution in [1.29, 1.82) is 0 Å². The van der Waals surface area contributed by atoms with E-state index in [1.54, 1.807) is 0 Å². The van der Waals surface area contributed by atoms with E-state index < -0.39 is 0 Å². The molecule has 1 rings (SSSR count). The van der Waals surface area contributed by atoms with E-state index in [0.29, 0.717) is 23.5 Å². The molecule has 0 aliphatic heterocycles. The molecule has 0 fully saturated rings. The predicted octanol–water partition coefficient (Wildman–Crippen LogP) is 3.69. The number of nitrogens with zero attached hydrogens (tertiary/aromatic N) is 1. The summed E-state index contributed by atoms with van der Waals surface area (Å²) in [5.41, 5.74) is 6.43. The summed E-state index contributed by atoms with van der Waals surface area (Å²) >= 11 is 0. The van der Waals surface area contributed by atoms with E-state index in [1.165, 1.54) is 6.42 Å². The van der Waals surface area contributed by atoms with Gasteiger partial charge in [-0.1, -0.05) is 20.3 Å². The molecule has 4 heteroatoms. The molecular formula is C15H27N3O. The Morgan fingerprint density at radius 2 is 1.95 bits per heavy atom. The number of ether oxygens (including phenoxy) is 1. The smallest absolute Gasteiger partial charge is 0.239 e. The standard InChI is InChI=1S/C15H27N3O/c1-6-11(4)9-12(5)17-14-8-7-13(16)15(18-14)19-10(2)3/h7-8,10-12H,6,9,16H2,1-5H3,(H,17,18). The second kappa shape index (κ2) is 7.22. The first-order chi connectivity index (χ1) is 8.92. The molecule has 19 heavy (non-hydrogen) atoms. The summed E-state index contributed by atoms with van der Waals surface area (Å²) in [6.45, 7) is 10.6. The van der Waals surface area contributed by atoms with E-state index in [1.807, 2.05) is 26.0 Å². The first-order valence-electron chi connectivity index (χ1n) is 7.12. The SMILES string of the molecule is CCC(C)CC(C)Nc1ccc(N)c(OC(C)C)n1. The summed E-state index contributed by atoms with van der Waals surface area (Å²) in [4.78, 5) is 4.43. The van der Waals surface area contributed by atoms with Gasteiger partial charge in [0.15, 0.2) is 0 Å². The lowest BCUT2D eigenvalue weighted by atomic mass is 10.0. The molecule has 0 aromatic carbocycles. The Bertz CT molecular complexity index is 393. The zero-order valence-electron chi connectivity index (χ0n) is 12.7. The van der Waals surface area contributed by atoms with E-state index in [9.17, 15) is 0 Å². The van der Waals surface area contributed by atoms with Gasteiger partial charge >= 0.3 is 0 Å². The number of nitrogen functional groups attached to an aromatic ring is 1. The maximum absolute atomic E-state index is 5.86. The summed E-state index contributed by atoms with van der Waals surface area (Å²) in [7, 11) is 0. The van der Waals surface area contributed by atoms with Gasteiger partial charge in [0.25, 0.3) is 0 Å². The maximum Gasteiger partial charge on any atom is 0.239 e. The maximum atomic E-state index is 5.86. The molecular weight excluding hydrogens is 238 g/mol. The molecule has 0 bridgehead atoms. The molecule has 0 aliphatic carbocycles. The molecule has 0 spiro atoms. The Labute approximate surface area is 116 Å². The predicted molar refractivity (Wildman–Crippen MR) is 81.6 cm³/mol. The van der Waals surface area contributed by atoms with Crippen LogP contribution in [0.15, 0.2) is 12.1 Å². The monoisotopic (exact) mass is 265 g/mol. The summed E-state index contributed by atoms with van der Waals surface area (Å²) < 4.78 is 5.59. The Morgan fingerprint density at radius 3 is 2.53 bits per heavy atom. The van der Waals surface area contributed by atoms with E-state index in [4.69, 9.17) is 10.5 Å². The summed E-state index contributed by atoms with van der Waals surface area (Å²) in [5, 5.41) is 3.40. The van der Waals surface area contributed by atoms with E-state index in [2.05, 4.69) is 31.1 Å². The minimum absolute atomic E-state index is 0.0718. The zero-order chi connectivity index (χ0) is 14.4. The highest BCUT2D eigenvalue weighted by Crippen LogP contribution is 2.23. The number of anilines is 2. The van der Waals surface area contributed by atoms with Crippen LogP contribution in [-0.4, -0.2) is 17.1 Å². The highest BCUT2D eigenvalue weighted by Gasteiger charge is 2.10. The second-order valence-electron chi connectivity index (χ2n) is 5.55. The second-order valence-corrected chi connectivity index (χ2v) is 5.55. The van der Waals surface area contributed by atoms with Crippen LogP contribution in [-0.2, 0) is 0 Å². The van der Waals surface area contributed by atoms with Gasteiger partial charge in [-0.25, -0.2) is 0 Å². The van der Waals surface area contributed by atoms with Crippen molar-refractivity contribution >= 4 is 11.5 Å². The van der Waals surface area contributed by atoms with Crippen LogP contribution in [0.4, 0.5) is 11.5 Å². The fraction of sp³-hybridized carbons (Fsp3) is 0.667. The molecule has 0 saturated carbocycles. The Morgan fingerprint density at radius 1 is 1.26 bits per heavy atom. The van der Waals surface area contributed by atoms with Gasteiger partial charge in [0.1, 0.15) is 5.82 Å². The fourth-order valence-corrected chi connectivity index (χ4v) is 1.93. The number of hydrogen-bond acceptors (Lipinski definition) is 4. The van der Waals surface area contributed by atoms with Crippen LogP contribution >= 0.6 is 0 Å². The van der Waals surface area contributed by atoms with Gasteiger partial charge in [0.2, 0.25) is 5.88 Å². The lowest BCUT2D eigenvalue weighted by molar-refractivity contribution is 0.234. The first-order valence-corrected chi connectivity index (χ1v) is 7.12. The van der Waals surface area contributed by atoms with Crippen LogP contribution in [0.2, 0.25) is 0 Å². The Hall–Kier alpha value is -1.45. The molecule has 4 nitrogen and oxygen atoms in total. The molecule has 2 atom stereocenters. The fourth-order valence-electron chi connectivity index (χ4n) is 1.93. The first kappa shape index (κ1) is 15.6. The molecule has 0 aliphatic rings. The molecule has 1 heterocycles. The van der Waals surface area contributed by atoms with Crippen LogP contribution in [0.1, 0.15) is 47.5 Å². The molecule has 0 saturated heterocycles. The van der Waals surface area contributed by atoms with Crippen molar-refractivity contribution in [2.45, 2.75) is 59.6 Å². The van der Waals surface area contributed by atoms with Gasteiger partial charge in [-0.05, 0) is 45.2 Å². The van der Waals surface area contributed by atoms with Crippen molar-refractivity contribution in [3.05, 3.63) is 12.1 Å². The Kier molecular flexibility index (Phi) is 5.93. The summed E-state index contributed by atoms with van der Waals surface area (Å²) in [5.74, 6) is 2.04. The number of hydrogen-bond donors (Lipinski definition) is 2. The van der Waals surface area contributed by atoms with Gasteiger partial charge in [-0.2, -0.15) is 4.98 Å². The molecule has 1 aromatic heterocycles. The van der Waals surface area contributed by atoms with Gasteiger partial charge in [-0.15, -0.1) is 0 Å². The zero-order valence-corrected chi connectivity index (χ0v) is 12.7. The average molecular weight is 265 g/mol. The normalized spacial score (nSPS) is 14.2. The van der Waals surface area contributed by atoms with E-state index in [0.717, 1.165) is 12.2 Å². The van der Waals surface area contributed by atoms with Gasteiger partial charge in [0.05, 0.1) is 11.8 Å². The number of pyridine rings is 1. The minimum atomic E-state index is 0.0718. The van der Waals surface area contributed by atoms with Crippen LogP contribution in [0, 0.1) is 5.92 Å². The quantitative estimate of drug-likeness (QED) is 0.789. The van der Waals surface area contributed by atoms with Gasteiger partial charge in [0, 0.05) is 6.04 Å². The van der Waals surface area contributed by atoms with Crippen molar-refractivity contribution in [2.75, 3.05) is 11.1 Å². The number of nitrogens with two attached hydrogens (primary N) is 1. The minimum Gasteiger partial charge on any atom is -0.473 e.